The van der Waals surface area contributed by atoms with Crippen molar-refractivity contribution in [1.82, 2.24) is 0 Å². The summed E-state index contributed by atoms with van der Waals surface area (Å²) in [6.45, 7) is 1.97. The van der Waals surface area contributed by atoms with E-state index in [-0.39, 0.29) is 5.91 Å². The first kappa shape index (κ1) is 16.6. The molecule has 0 aliphatic rings. The molecule has 1 N–H and O–H groups in total. The average molecular weight is 333 g/mol. The number of anilines is 1. The molecule has 0 aromatic heterocycles. The maximum Gasteiger partial charge on any atom is 0.321 e. The molecule has 25 heavy (non-hydrogen) atoms. The molecule has 3 aromatic carbocycles. The van der Waals surface area contributed by atoms with E-state index in [0.29, 0.717) is 17.2 Å². The molecule has 0 radical (unpaired) electrons. The third kappa shape index (κ3) is 4.85. The summed E-state index contributed by atoms with van der Waals surface area (Å²) in [5, 5.41) is 2.83. The standard InChI is InChI=1S/C21H19NO3/c1-16-9-8-10-17(15-16)22-20(23)21(24-18-11-4-2-5-12-18)25-19-13-6-3-7-14-19/h2-15,21H,1H3,(H,22,23). The van der Waals surface area contributed by atoms with E-state index < -0.39 is 6.29 Å². The van der Waals surface area contributed by atoms with E-state index in [0.717, 1.165) is 5.56 Å². The van der Waals surface area contributed by atoms with Gasteiger partial charge in [-0.1, -0.05) is 48.5 Å². The molecule has 0 aliphatic carbocycles. The molecule has 0 atom stereocenters. The summed E-state index contributed by atoms with van der Waals surface area (Å²) < 4.78 is 11.5. The highest BCUT2D eigenvalue weighted by molar-refractivity contribution is 5.93. The number of para-hydroxylation sites is 2. The van der Waals surface area contributed by atoms with Gasteiger partial charge in [0, 0.05) is 5.69 Å². The van der Waals surface area contributed by atoms with Gasteiger partial charge in [-0.3, -0.25) is 4.79 Å². The SMILES string of the molecule is Cc1cccc(NC(=O)C(Oc2ccccc2)Oc2ccccc2)c1. The normalized spacial score (nSPS) is 10.3. The van der Waals surface area contributed by atoms with Gasteiger partial charge in [0.2, 0.25) is 0 Å². The maximum atomic E-state index is 12.7. The molecule has 0 saturated carbocycles. The van der Waals surface area contributed by atoms with Gasteiger partial charge in [0.1, 0.15) is 11.5 Å². The number of nitrogens with one attached hydrogen (secondary N) is 1. The van der Waals surface area contributed by atoms with E-state index in [1.807, 2.05) is 67.6 Å². The Morgan fingerprint density at radius 2 is 1.36 bits per heavy atom. The molecule has 3 rings (SSSR count). The van der Waals surface area contributed by atoms with Crippen LogP contribution in [0.5, 0.6) is 11.5 Å². The quantitative estimate of drug-likeness (QED) is 0.679. The molecule has 0 aliphatic heterocycles. The van der Waals surface area contributed by atoms with Crippen LogP contribution in [-0.4, -0.2) is 12.2 Å². The second-order valence-corrected chi connectivity index (χ2v) is 5.55. The van der Waals surface area contributed by atoms with Crippen LogP contribution in [-0.2, 0) is 4.79 Å². The number of carbonyl (C=O) groups excluding carboxylic acids is 1. The van der Waals surface area contributed by atoms with E-state index in [9.17, 15) is 4.79 Å². The van der Waals surface area contributed by atoms with Crippen LogP contribution in [0.25, 0.3) is 0 Å². The lowest BCUT2D eigenvalue weighted by Gasteiger charge is -2.20. The van der Waals surface area contributed by atoms with Gasteiger partial charge in [-0.2, -0.15) is 0 Å². The van der Waals surface area contributed by atoms with Crippen LogP contribution >= 0.6 is 0 Å². The predicted octanol–water partition coefficient (Wildman–Crippen LogP) is 4.42. The number of rotatable bonds is 6. The Morgan fingerprint density at radius 1 is 0.800 bits per heavy atom. The Hall–Kier alpha value is -3.27. The van der Waals surface area contributed by atoms with E-state index in [1.165, 1.54) is 0 Å². The first-order valence-corrected chi connectivity index (χ1v) is 8.02. The number of benzene rings is 3. The van der Waals surface area contributed by atoms with E-state index >= 15 is 0 Å². The molecule has 0 spiro atoms. The van der Waals surface area contributed by atoms with Gasteiger partial charge < -0.3 is 14.8 Å². The minimum atomic E-state index is -1.11. The number of aryl methyl sites for hydroxylation is 1. The van der Waals surface area contributed by atoms with Crippen molar-refractivity contribution in [3.63, 3.8) is 0 Å². The Labute approximate surface area is 147 Å². The monoisotopic (exact) mass is 333 g/mol. The average Bonchev–Trinajstić information content (AvgIpc) is 2.63. The zero-order chi connectivity index (χ0) is 17.5. The Morgan fingerprint density at radius 3 is 1.88 bits per heavy atom. The summed E-state index contributed by atoms with van der Waals surface area (Å²) in [4.78, 5) is 12.7. The number of amides is 1. The lowest BCUT2D eigenvalue weighted by Crippen LogP contribution is -2.38. The molecule has 0 bridgehead atoms. The molecule has 1 amide bonds. The highest BCUT2D eigenvalue weighted by atomic mass is 16.7. The minimum Gasteiger partial charge on any atom is -0.446 e. The van der Waals surface area contributed by atoms with Gasteiger partial charge >= 0.3 is 12.2 Å². The minimum absolute atomic E-state index is 0.377. The molecule has 126 valence electrons. The first-order valence-electron chi connectivity index (χ1n) is 8.02. The zero-order valence-corrected chi connectivity index (χ0v) is 13.9. The molecule has 4 nitrogen and oxygen atoms in total. The molecule has 0 unspecified atom stereocenters. The van der Waals surface area contributed by atoms with Crippen molar-refractivity contribution in [3.8, 4) is 11.5 Å². The molecule has 4 heteroatoms. The second kappa shape index (κ2) is 8.02. The van der Waals surface area contributed by atoms with Gasteiger partial charge in [-0.05, 0) is 48.9 Å². The summed E-state index contributed by atoms with van der Waals surface area (Å²) in [5.74, 6) is 0.740. The maximum absolute atomic E-state index is 12.7. The van der Waals surface area contributed by atoms with Crippen LogP contribution in [0.1, 0.15) is 5.56 Å². The second-order valence-electron chi connectivity index (χ2n) is 5.55. The van der Waals surface area contributed by atoms with Crippen LogP contribution in [0.2, 0.25) is 0 Å². The first-order chi connectivity index (χ1) is 12.2. The van der Waals surface area contributed by atoms with Gasteiger partial charge in [0.15, 0.2) is 0 Å². The Bertz CT molecular complexity index is 777. The van der Waals surface area contributed by atoms with E-state index in [1.54, 1.807) is 24.3 Å². The molecular weight excluding hydrogens is 314 g/mol. The summed E-state index contributed by atoms with van der Waals surface area (Å²) in [7, 11) is 0. The van der Waals surface area contributed by atoms with Crippen molar-refractivity contribution in [3.05, 3.63) is 90.5 Å². The zero-order valence-electron chi connectivity index (χ0n) is 13.9. The van der Waals surface area contributed by atoms with Crippen molar-refractivity contribution in [2.75, 3.05) is 5.32 Å². The number of carbonyl (C=O) groups is 1. The Balaban J connectivity index is 1.78. The van der Waals surface area contributed by atoms with Gasteiger partial charge in [-0.25, -0.2) is 0 Å². The number of hydrogen-bond donors (Lipinski definition) is 1. The Kier molecular flexibility index (Phi) is 5.32. The fourth-order valence-electron chi connectivity index (χ4n) is 2.30. The third-order valence-electron chi connectivity index (χ3n) is 3.47. The summed E-state index contributed by atoms with van der Waals surface area (Å²) in [6, 6.07) is 25.8. The smallest absolute Gasteiger partial charge is 0.321 e. The summed E-state index contributed by atoms with van der Waals surface area (Å²) >= 11 is 0. The highest BCUT2D eigenvalue weighted by Gasteiger charge is 2.23. The molecule has 0 fully saturated rings. The highest BCUT2D eigenvalue weighted by Crippen LogP contribution is 2.17. The van der Waals surface area contributed by atoms with E-state index in [2.05, 4.69) is 5.32 Å². The van der Waals surface area contributed by atoms with Crippen molar-refractivity contribution in [2.24, 2.45) is 0 Å². The lowest BCUT2D eigenvalue weighted by atomic mass is 10.2. The van der Waals surface area contributed by atoms with E-state index in [4.69, 9.17) is 9.47 Å². The summed E-state index contributed by atoms with van der Waals surface area (Å²) in [5.41, 5.74) is 1.76. The van der Waals surface area contributed by atoms with Crippen LogP contribution in [0, 0.1) is 6.92 Å². The number of hydrogen-bond acceptors (Lipinski definition) is 3. The van der Waals surface area contributed by atoms with Crippen LogP contribution in [0.4, 0.5) is 5.69 Å². The fourth-order valence-corrected chi connectivity index (χ4v) is 2.30. The van der Waals surface area contributed by atoms with Crippen LogP contribution in [0.3, 0.4) is 0 Å². The molecule has 0 saturated heterocycles. The molecule has 0 heterocycles. The van der Waals surface area contributed by atoms with Gasteiger partial charge in [-0.15, -0.1) is 0 Å². The fraction of sp³-hybridized carbons (Fsp3) is 0.0952. The van der Waals surface area contributed by atoms with Crippen molar-refractivity contribution in [1.29, 1.82) is 0 Å². The van der Waals surface area contributed by atoms with Gasteiger partial charge in [0.05, 0.1) is 0 Å². The van der Waals surface area contributed by atoms with Crippen LogP contribution in [0.15, 0.2) is 84.9 Å². The van der Waals surface area contributed by atoms with Crippen molar-refractivity contribution < 1.29 is 14.3 Å². The molecular formula is C21H19NO3. The topological polar surface area (TPSA) is 47.6 Å². The van der Waals surface area contributed by atoms with Crippen LogP contribution < -0.4 is 14.8 Å². The van der Waals surface area contributed by atoms with Crippen molar-refractivity contribution >= 4 is 11.6 Å². The summed E-state index contributed by atoms with van der Waals surface area (Å²) in [6.07, 6.45) is -1.11. The predicted molar refractivity (Wildman–Crippen MR) is 97.7 cm³/mol. The van der Waals surface area contributed by atoms with Crippen molar-refractivity contribution in [2.45, 2.75) is 13.2 Å². The lowest BCUT2D eigenvalue weighted by molar-refractivity contribution is -0.134. The molecule has 3 aromatic rings. The third-order valence-corrected chi connectivity index (χ3v) is 3.47. The largest absolute Gasteiger partial charge is 0.446 e. The number of ether oxygens (including phenoxy) is 2. The van der Waals surface area contributed by atoms with Gasteiger partial charge in [0.25, 0.3) is 0 Å².